The third-order valence-corrected chi connectivity index (χ3v) is 3.34. The Morgan fingerprint density at radius 1 is 1.48 bits per heavy atom. The number of likely N-dealkylation sites (N-methyl/N-ethyl adjacent to an activating group) is 1. The lowest BCUT2D eigenvalue weighted by Crippen LogP contribution is -2.45. The number of halogens is 3. The molecule has 1 aromatic heterocycles. The van der Waals surface area contributed by atoms with Crippen LogP contribution in [0.15, 0.2) is 5.38 Å². The van der Waals surface area contributed by atoms with Gasteiger partial charge in [-0.1, -0.05) is 0 Å². The molecule has 9 heteroatoms. The van der Waals surface area contributed by atoms with Crippen molar-refractivity contribution >= 4 is 17.4 Å². The number of nitrogens with one attached hydrogen (secondary N) is 1. The molecule has 0 fully saturated rings. The van der Waals surface area contributed by atoms with Crippen molar-refractivity contribution in [2.45, 2.75) is 32.0 Å². The number of urea groups is 1. The summed E-state index contributed by atoms with van der Waals surface area (Å²) in [6.45, 7) is 3.48. The quantitative estimate of drug-likeness (QED) is 0.871. The highest BCUT2D eigenvalue weighted by Crippen LogP contribution is 2.29. The van der Waals surface area contributed by atoms with Crippen LogP contribution in [0.25, 0.3) is 0 Å². The average Bonchev–Trinajstić information content (AvgIpc) is 2.74. The van der Waals surface area contributed by atoms with Crippen molar-refractivity contribution in [1.29, 1.82) is 0 Å². The molecule has 0 unspecified atom stereocenters. The van der Waals surface area contributed by atoms with Gasteiger partial charge in [0.1, 0.15) is 0 Å². The number of nitrogens with zero attached hydrogens (tertiary/aromatic N) is 2. The van der Waals surface area contributed by atoms with Gasteiger partial charge in [-0.3, -0.25) is 0 Å². The summed E-state index contributed by atoms with van der Waals surface area (Å²) in [7, 11) is 1.53. The summed E-state index contributed by atoms with van der Waals surface area (Å²) in [6, 6.07) is -0.398. The first-order valence-corrected chi connectivity index (χ1v) is 7.10. The van der Waals surface area contributed by atoms with E-state index in [-0.39, 0.29) is 19.5 Å². The molecule has 2 amide bonds. The summed E-state index contributed by atoms with van der Waals surface area (Å²) in [6.07, 6.45) is -4.21. The Labute approximate surface area is 124 Å². The molecule has 1 heterocycles. The minimum absolute atomic E-state index is 0.147. The number of hydrogen-bond acceptors (Lipinski definition) is 4. The molecule has 0 spiro atoms. The van der Waals surface area contributed by atoms with Gasteiger partial charge in [0.05, 0.1) is 17.2 Å². The molecule has 0 saturated heterocycles. The third kappa shape index (κ3) is 6.30. The number of amides is 2. The summed E-state index contributed by atoms with van der Waals surface area (Å²) in [4.78, 5) is 16.5. The molecule has 2 N–H and O–H groups in total. The van der Waals surface area contributed by atoms with E-state index in [0.29, 0.717) is 5.01 Å². The zero-order valence-electron chi connectivity index (χ0n) is 12.0. The number of thiazole rings is 1. The van der Waals surface area contributed by atoms with Gasteiger partial charge in [0.25, 0.3) is 0 Å². The molecule has 120 valence electrons. The van der Waals surface area contributed by atoms with E-state index < -0.39 is 23.5 Å². The van der Waals surface area contributed by atoms with Crippen molar-refractivity contribution in [3.63, 3.8) is 0 Å². The maximum absolute atomic E-state index is 12.4. The van der Waals surface area contributed by atoms with Crippen LogP contribution < -0.4 is 5.32 Å². The Morgan fingerprint density at radius 3 is 2.57 bits per heavy atom. The molecule has 0 aliphatic heterocycles. The van der Waals surface area contributed by atoms with Crippen LogP contribution in [0.1, 0.15) is 24.5 Å². The number of hydrogen-bond donors (Lipinski definition) is 2. The number of carbonyl (C=O) groups excluding carboxylic acids is 1. The molecule has 0 bridgehead atoms. The molecule has 0 aromatic carbocycles. The van der Waals surface area contributed by atoms with E-state index in [1.807, 2.05) is 0 Å². The molecular formula is C12H18F3N3O2S. The summed E-state index contributed by atoms with van der Waals surface area (Å²) in [5, 5.41) is 13.4. The number of aromatic nitrogens is 1. The predicted octanol–water partition coefficient (Wildman–Crippen LogP) is 2.12. The smallest absolute Gasteiger partial charge is 0.389 e. The second-order valence-electron chi connectivity index (χ2n) is 5.27. The van der Waals surface area contributed by atoms with Crippen molar-refractivity contribution in [3.05, 3.63) is 16.1 Å². The Balaban J connectivity index is 2.40. The molecule has 0 radical (unpaired) electrons. The lowest BCUT2D eigenvalue weighted by atomic mass is 10.1. The maximum Gasteiger partial charge on any atom is 0.434 e. The van der Waals surface area contributed by atoms with Gasteiger partial charge in [-0.2, -0.15) is 13.2 Å². The average molecular weight is 325 g/mol. The van der Waals surface area contributed by atoms with E-state index in [1.165, 1.54) is 11.9 Å². The zero-order valence-corrected chi connectivity index (χ0v) is 12.8. The fourth-order valence-electron chi connectivity index (χ4n) is 1.62. The molecule has 0 aliphatic rings. The van der Waals surface area contributed by atoms with Gasteiger partial charge in [-0.05, 0) is 13.8 Å². The summed E-state index contributed by atoms with van der Waals surface area (Å²) >= 11 is 0.910. The van der Waals surface area contributed by atoms with Crippen LogP contribution in [-0.4, -0.2) is 46.8 Å². The minimum Gasteiger partial charge on any atom is -0.389 e. The van der Waals surface area contributed by atoms with Crippen molar-refractivity contribution in [3.8, 4) is 0 Å². The second-order valence-corrected chi connectivity index (χ2v) is 6.22. The zero-order chi connectivity index (χ0) is 16.3. The largest absolute Gasteiger partial charge is 0.434 e. The van der Waals surface area contributed by atoms with E-state index in [9.17, 15) is 23.1 Å². The summed E-state index contributed by atoms with van der Waals surface area (Å²) in [5.74, 6) is 0. The van der Waals surface area contributed by atoms with Crippen molar-refractivity contribution in [2.75, 3.05) is 20.1 Å². The van der Waals surface area contributed by atoms with Crippen LogP contribution in [0, 0.1) is 0 Å². The number of aliphatic hydroxyl groups is 1. The predicted molar refractivity (Wildman–Crippen MR) is 73.1 cm³/mol. The highest BCUT2D eigenvalue weighted by molar-refractivity contribution is 7.09. The Morgan fingerprint density at radius 2 is 2.10 bits per heavy atom. The summed E-state index contributed by atoms with van der Waals surface area (Å²) in [5.41, 5.74) is -1.92. The van der Waals surface area contributed by atoms with Crippen molar-refractivity contribution < 1.29 is 23.1 Å². The highest BCUT2D eigenvalue weighted by atomic mass is 32.1. The first-order valence-electron chi connectivity index (χ1n) is 6.22. The lowest BCUT2D eigenvalue weighted by Gasteiger charge is -2.25. The molecule has 0 saturated carbocycles. The molecule has 0 atom stereocenters. The number of rotatable bonds is 5. The fourth-order valence-corrected chi connectivity index (χ4v) is 2.42. The van der Waals surface area contributed by atoms with Crippen molar-refractivity contribution in [2.24, 2.45) is 0 Å². The first-order chi connectivity index (χ1) is 9.49. The van der Waals surface area contributed by atoms with Gasteiger partial charge in [0, 0.05) is 25.4 Å². The van der Waals surface area contributed by atoms with E-state index >= 15 is 0 Å². The molecule has 21 heavy (non-hydrogen) atoms. The third-order valence-electron chi connectivity index (χ3n) is 2.43. The van der Waals surface area contributed by atoms with E-state index in [1.54, 1.807) is 13.8 Å². The van der Waals surface area contributed by atoms with E-state index in [2.05, 4.69) is 10.3 Å². The van der Waals surface area contributed by atoms with E-state index in [4.69, 9.17) is 0 Å². The van der Waals surface area contributed by atoms with Gasteiger partial charge in [-0.15, -0.1) is 11.3 Å². The Kier molecular flexibility index (Phi) is 5.57. The number of carbonyl (C=O) groups is 1. The van der Waals surface area contributed by atoms with Gasteiger partial charge in [0.2, 0.25) is 0 Å². The van der Waals surface area contributed by atoms with Gasteiger partial charge < -0.3 is 15.3 Å². The molecule has 1 aromatic rings. The number of alkyl halides is 3. The topological polar surface area (TPSA) is 65.5 Å². The van der Waals surface area contributed by atoms with E-state index in [0.717, 1.165) is 16.7 Å². The van der Waals surface area contributed by atoms with Gasteiger partial charge in [0.15, 0.2) is 5.69 Å². The standard InChI is InChI=1S/C12H18F3N3O2S/c1-11(2,20)7-18(3)10(19)16-5-4-9-17-8(6-21-9)12(13,14)15/h6,20H,4-5,7H2,1-3H3,(H,16,19). The second kappa shape index (κ2) is 6.61. The van der Waals surface area contributed by atoms with Gasteiger partial charge >= 0.3 is 12.2 Å². The van der Waals surface area contributed by atoms with Crippen LogP contribution in [0.3, 0.4) is 0 Å². The first kappa shape index (κ1) is 17.7. The molecule has 1 rings (SSSR count). The maximum atomic E-state index is 12.4. The van der Waals surface area contributed by atoms with Crippen LogP contribution in [-0.2, 0) is 12.6 Å². The highest BCUT2D eigenvalue weighted by Gasteiger charge is 2.33. The molecule has 5 nitrogen and oxygen atoms in total. The normalized spacial score (nSPS) is 12.3. The van der Waals surface area contributed by atoms with Crippen LogP contribution in [0.2, 0.25) is 0 Å². The van der Waals surface area contributed by atoms with Crippen LogP contribution >= 0.6 is 11.3 Å². The minimum atomic E-state index is -4.44. The lowest BCUT2D eigenvalue weighted by molar-refractivity contribution is -0.140. The Bertz CT molecular complexity index is 483. The van der Waals surface area contributed by atoms with Crippen molar-refractivity contribution in [1.82, 2.24) is 15.2 Å². The monoisotopic (exact) mass is 325 g/mol. The van der Waals surface area contributed by atoms with Gasteiger partial charge in [-0.25, -0.2) is 9.78 Å². The summed E-state index contributed by atoms with van der Waals surface area (Å²) < 4.78 is 37.1. The fraction of sp³-hybridized carbons (Fsp3) is 0.667. The molecular weight excluding hydrogens is 307 g/mol. The van der Waals surface area contributed by atoms with Crippen LogP contribution in [0.5, 0.6) is 0 Å². The molecule has 0 aliphatic carbocycles. The SMILES string of the molecule is CN(CC(C)(C)O)C(=O)NCCc1nc(C(F)(F)F)cs1. The Hall–Kier alpha value is -1.35. The van der Waals surface area contributed by atoms with Crippen LogP contribution in [0.4, 0.5) is 18.0 Å².